The van der Waals surface area contributed by atoms with Gasteiger partial charge in [0.25, 0.3) is 5.91 Å². The Bertz CT molecular complexity index is 464. The van der Waals surface area contributed by atoms with E-state index in [1.165, 1.54) is 19.3 Å². The Morgan fingerprint density at radius 1 is 1.57 bits per heavy atom. The molecular weight excluding hydrogens is 294 g/mol. The van der Waals surface area contributed by atoms with Crippen LogP contribution in [-0.4, -0.2) is 37.1 Å². The second-order valence-electron chi connectivity index (χ2n) is 6.16. The Balaban J connectivity index is 2.18. The highest BCUT2D eigenvalue weighted by molar-refractivity contribution is 5.91. The van der Waals surface area contributed by atoms with E-state index < -0.39 is 6.29 Å². The molecular formula is C18H27NO4. The van der Waals surface area contributed by atoms with Crippen molar-refractivity contribution in [3.63, 3.8) is 0 Å². The fourth-order valence-electron chi connectivity index (χ4n) is 3.37. The van der Waals surface area contributed by atoms with Gasteiger partial charge in [0.05, 0.1) is 6.54 Å². The molecule has 0 radical (unpaired) electrons. The third kappa shape index (κ3) is 4.49. The summed E-state index contributed by atoms with van der Waals surface area (Å²) in [6.07, 6.45) is 11.8. The Hall–Kier alpha value is -1.51. The molecule has 0 saturated heterocycles. The molecule has 1 saturated carbocycles. The lowest BCUT2D eigenvalue weighted by Gasteiger charge is -2.43. The van der Waals surface area contributed by atoms with E-state index in [-0.39, 0.29) is 30.9 Å². The zero-order valence-electron chi connectivity index (χ0n) is 13.8. The summed E-state index contributed by atoms with van der Waals surface area (Å²) in [5.74, 6) is 3.43. The smallest absolute Gasteiger partial charge is 0.286 e. The molecule has 23 heavy (non-hydrogen) atoms. The van der Waals surface area contributed by atoms with Gasteiger partial charge in [0.2, 0.25) is 6.29 Å². The number of allylic oxidation sites excluding steroid dienone is 1. The van der Waals surface area contributed by atoms with Gasteiger partial charge in [-0.05, 0) is 50.5 Å². The average Bonchev–Trinajstić information content (AvgIpc) is 2.50. The number of aliphatic hydroxyl groups excluding tert-OH is 1. The van der Waals surface area contributed by atoms with Crippen LogP contribution in [0.2, 0.25) is 0 Å². The van der Waals surface area contributed by atoms with Crippen LogP contribution in [0.25, 0.3) is 0 Å². The second kappa shape index (κ2) is 8.95. The minimum atomic E-state index is -0.436. The average molecular weight is 321 g/mol. The highest BCUT2D eigenvalue weighted by atomic mass is 16.7. The van der Waals surface area contributed by atoms with E-state index in [4.69, 9.17) is 21.0 Å². The number of nitrogens with one attached hydrogen (secondary N) is 1. The molecule has 128 valence electrons. The fraction of sp³-hybridized carbons (Fsp3) is 0.722. The largest absolute Gasteiger partial charge is 0.459 e. The summed E-state index contributed by atoms with van der Waals surface area (Å²) >= 11 is 0. The number of hydrogen-bond donors (Lipinski definition) is 2. The van der Waals surface area contributed by atoms with Gasteiger partial charge in [0.1, 0.15) is 0 Å². The van der Waals surface area contributed by atoms with Crippen molar-refractivity contribution in [1.82, 2.24) is 5.32 Å². The minimum absolute atomic E-state index is 0.159. The van der Waals surface area contributed by atoms with Crippen LogP contribution in [0.3, 0.4) is 0 Å². The summed E-state index contributed by atoms with van der Waals surface area (Å²) < 4.78 is 11.6. The van der Waals surface area contributed by atoms with Crippen molar-refractivity contribution >= 4 is 5.91 Å². The maximum absolute atomic E-state index is 12.2. The zero-order valence-corrected chi connectivity index (χ0v) is 13.8. The summed E-state index contributed by atoms with van der Waals surface area (Å²) in [5, 5.41) is 11.8. The fourth-order valence-corrected chi connectivity index (χ4v) is 3.37. The number of carbonyl (C=O) groups excluding carboxylic acids is 1. The van der Waals surface area contributed by atoms with Crippen LogP contribution in [0, 0.1) is 30.1 Å². The zero-order chi connectivity index (χ0) is 16.7. The van der Waals surface area contributed by atoms with E-state index >= 15 is 0 Å². The molecule has 5 heteroatoms. The summed E-state index contributed by atoms with van der Waals surface area (Å²) in [6.45, 7) is 2.78. The first kappa shape index (κ1) is 17.8. The Morgan fingerprint density at radius 3 is 2.91 bits per heavy atom. The van der Waals surface area contributed by atoms with Crippen LogP contribution in [0.1, 0.15) is 39.0 Å². The van der Waals surface area contributed by atoms with Crippen molar-refractivity contribution in [2.75, 3.05) is 19.8 Å². The first-order valence-electron chi connectivity index (χ1n) is 8.53. The van der Waals surface area contributed by atoms with Gasteiger partial charge in [0.15, 0.2) is 5.76 Å². The molecule has 1 fully saturated rings. The van der Waals surface area contributed by atoms with Gasteiger partial charge < -0.3 is 19.9 Å². The lowest BCUT2D eigenvalue weighted by molar-refractivity contribution is -0.178. The summed E-state index contributed by atoms with van der Waals surface area (Å²) in [7, 11) is 0. The molecule has 5 nitrogen and oxygen atoms in total. The van der Waals surface area contributed by atoms with E-state index in [1.54, 1.807) is 0 Å². The maximum Gasteiger partial charge on any atom is 0.286 e. The van der Waals surface area contributed by atoms with Crippen molar-refractivity contribution in [3.8, 4) is 12.3 Å². The van der Waals surface area contributed by atoms with Crippen LogP contribution >= 0.6 is 0 Å². The molecule has 3 atom stereocenters. The summed E-state index contributed by atoms with van der Waals surface area (Å²) in [5.41, 5.74) is 0. The number of carbonyl (C=O) groups is 1. The molecule has 0 spiro atoms. The molecule has 2 aliphatic rings. The molecule has 1 heterocycles. The van der Waals surface area contributed by atoms with Crippen molar-refractivity contribution in [2.24, 2.45) is 17.8 Å². The van der Waals surface area contributed by atoms with Crippen molar-refractivity contribution in [3.05, 3.63) is 11.8 Å². The van der Waals surface area contributed by atoms with Crippen molar-refractivity contribution < 1.29 is 19.4 Å². The van der Waals surface area contributed by atoms with Crippen LogP contribution in [0.5, 0.6) is 0 Å². The molecule has 2 rings (SSSR count). The highest BCUT2D eigenvalue weighted by Gasteiger charge is 2.41. The highest BCUT2D eigenvalue weighted by Crippen LogP contribution is 2.44. The number of terminal acetylenes is 1. The number of aliphatic hydroxyl groups is 1. The summed E-state index contributed by atoms with van der Waals surface area (Å²) in [4.78, 5) is 12.2. The van der Waals surface area contributed by atoms with Crippen LogP contribution < -0.4 is 5.32 Å². The Labute approximate surface area is 138 Å². The number of amides is 1. The lowest BCUT2D eigenvalue weighted by Crippen LogP contribution is -2.43. The first-order chi connectivity index (χ1) is 11.2. The monoisotopic (exact) mass is 321 g/mol. The van der Waals surface area contributed by atoms with Gasteiger partial charge in [0, 0.05) is 19.1 Å². The lowest BCUT2D eigenvalue weighted by atomic mass is 9.68. The predicted molar refractivity (Wildman–Crippen MR) is 87.1 cm³/mol. The van der Waals surface area contributed by atoms with E-state index in [1.807, 2.05) is 13.0 Å². The number of rotatable bonds is 8. The predicted octanol–water partition coefficient (Wildman–Crippen LogP) is 1.82. The van der Waals surface area contributed by atoms with Gasteiger partial charge in [-0.1, -0.05) is 12.3 Å². The van der Waals surface area contributed by atoms with Crippen molar-refractivity contribution in [2.45, 2.75) is 45.3 Å². The second-order valence-corrected chi connectivity index (χ2v) is 6.16. The van der Waals surface area contributed by atoms with E-state index in [2.05, 4.69) is 11.2 Å². The Kier molecular flexibility index (Phi) is 6.94. The van der Waals surface area contributed by atoms with Crippen LogP contribution in [0.4, 0.5) is 0 Å². The first-order valence-corrected chi connectivity index (χ1v) is 8.53. The molecule has 0 unspecified atom stereocenters. The third-order valence-corrected chi connectivity index (χ3v) is 4.73. The number of hydrogen-bond acceptors (Lipinski definition) is 4. The normalized spacial score (nSPS) is 27.3. The van der Waals surface area contributed by atoms with E-state index in [0.717, 1.165) is 6.42 Å². The molecule has 1 aliphatic carbocycles. The van der Waals surface area contributed by atoms with Gasteiger partial charge in [-0.25, -0.2) is 0 Å². The molecule has 0 bridgehead atoms. The molecule has 1 aliphatic heterocycles. The Morgan fingerprint density at radius 2 is 2.35 bits per heavy atom. The quantitative estimate of drug-likeness (QED) is 0.669. The maximum atomic E-state index is 12.2. The van der Waals surface area contributed by atoms with Gasteiger partial charge in [-0.3, -0.25) is 4.79 Å². The minimum Gasteiger partial charge on any atom is -0.459 e. The SMILES string of the molecule is C#CCNC(=O)C1=C[C@H](C2CCC2)[C@@H](CCCO)[C@H](OCC)O1. The standard InChI is InChI=1S/C18H27NO4/c1-3-10-19-17(21)16-12-15(13-7-5-8-13)14(9-6-11-20)18(23-16)22-4-2/h1,12-15,18,20H,4-11H2,2H3,(H,19,21)/t14-,15-,18-/m1/s1. The third-order valence-electron chi connectivity index (χ3n) is 4.73. The molecule has 1 amide bonds. The van der Waals surface area contributed by atoms with Crippen LogP contribution in [-0.2, 0) is 14.3 Å². The molecule has 2 N–H and O–H groups in total. The van der Waals surface area contributed by atoms with Crippen LogP contribution in [0.15, 0.2) is 11.8 Å². The summed E-state index contributed by atoms with van der Waals surface area (Å²) in [6, 6.07) is 0. The van der Waals surface area contributed by atoms with E-state index in [0.29, 0.717) is 24.7 Å². The van der Waals surface area contributed by atoms with Gasteiger partial charge in [-0.2, -0.15) is 0 Å². The molecule has 0 aromatic carbocycles. The van der Waals surface area contributed by atoms with E-state index in [9.17, 15) is 4.79 Å². The molecule has 0 aromatic heterocycles. The molecule has 0 aromatic rings. The van der Waals surface area contributed by atoms with Gasteiger partial charge in [-0.15, -0.1) is 6.42 Å². The number of ether oxygens (including phenoxy) is 2. The van der Waals surface area contributed by atoms with Crippen molar-refractivity contribution in [1.29, 1.82) is 0 Å². The van der Waals surface area contributed by atoms with Gasteiger partial charge >= 0.3 is 0 Å². The topological polar surface area (TPSA) is 67.8 Å².